The number of hydrogen-bond acceptors (Lipinski definition) is 8. The molecule has 2 aromatic rings. The van der Waals surface area contributed by atoms with E-state index in [2.05, 4.69) is 40.6 Å². The van der Waals surface area contributed by atoms with Gasteiger partial charge in [0.15, 0.2) is 11.5 Å². The lowest BCUT2D eigenvalue weighted by molar-refractivity contribution is 0.0593. The van der Waals surface area contributed by atoms with Crippen LogP contribution in [0.2, 0.25) is 0 Å². The van der Waals surface area contributed by atoms with Crippen LogP contribution >= 0.6 is 0 Å². The number of carbonyl (C=O) groups is 1. The van der Waals surface area contributed by atoms with Gasteiger partial charge in [0.25, 0.3) is 0 Å². The van der Waals surface area contributed by atoms with Crippen molar-refractivity contribution in [2.75, 3.05) is 12.4 Å². The lowest BCUT2D eigenvalue weighted by Gasteiger charge is -2.10. The maximum absolute atomic E-state index is 11.3. The number of anilines is 1. The molecular formula is C9H11N7O2. The Bertz CT molecular complexity index is 527. The second-order valence-electron chi connectivity index (χ2n) is 3.42. The predicted molar refractivity (Wildman–Crippen MR) is 59.6 cm³/mol. The first-order valence-electron chi connectivity index (χ1n) is 5.11. The molecule has 0 aliphatic carbocycles. The second-order valence-corrected chi connectivity index (χ2v) is 3.42. The quantitative estimate of drug-likeness (QED) is 0.724. The molecule has 18 heavy (non-hydrogen) atoms. The van der Waals surface area contributed by atoms with Gasteiger partial charge >= 0.3 is 5.97 Å². The van der Waals surface area contributed by atoms with E-state index >= 15 is 0 Å². The molecule has 94 valence electrons. The Morgan fingerprint density at radius 1 is 1.50 bits per heavy atom. The highest BCUT2D eigenvalue weighted by atomic mass is 16.5. The molecule has 2 rings (SSSR count). The molecule has 0 spiro atoms. The van der Waals surface area contributed by atoms with Gasteiger partial charge in [-0.1, -0.05) is 5.21 Å². The van der Waals surface area contributed by atoms with Crippen molar-refractivity contribution >= 4 is 11.8 Å². The van der Waals surface area contributed by atoms with Crippen LogP contribution in [-0.4, -0.2) is 43.7 Å². The summed E-state index contributed by atoms with van der Waals surface area (Å²) in [6.07, 6.45) is 2.82. The molecule has 1 unspecified atom stereocenters. The van der Waals surface area contributed by atoms with Gasteiger partial charge in [0.2, 0.25) is 0 Å². The Morgan fingerprint density at radius 3 is 3.00 bits per heavy atom. The summed E-state index contributed by atoms with van der Waals surface area (Å²) < 4.78 is 4.56. The summed E-state index contributed by atoms with van der Waals surface area (Å²) in [7, 11) is 1.28. The molecule has 0 amide bonds. The summed E-state index contributed by atoms with van der Waals surface area (Å²) in [5.74, 6) is 0.369. The Labute approximate surface area is 102 Å². The van der Waals surface area contributed by atoms with Crippen LogP contribution < -0.4 is 5.32 Å². The Kier molecular flexibility index (Phi) is 3.41. The number of esters is 1. The van der Waals surface area contributed by atoms with E-state index in [1.807, 2.05) is 6.92 Å². The smallest absolute Gasteiger partial charge is 0.358 e. The fourth-order valence-corrected chi connectivity index (χ4v) is 1.28. The van der Waals surface area contributed by atoms with E-state index in [1.54, 1.807) is 0 Å². The van der Waals surface area contributed by atoms with Crippen molar-refractivity contribution in [3.8, 4) is 0 Å². The highest BCUT2D eigenvalue weighted by molar-refractivity contribution is 5.87. The van der Waals surface area contributed by atoms with Crippen LogP contribution in [0.4, 0.5) is 5.82 Å². The van der Waals surface area contributed by atoms with Crippen LogP contribution in [0.15, 0.2) is 12.4 Å². The third-order valence-corrected chi connectivity index (χ3v) is 2.14. The lowest BCUT2D eigenvalue weighted by atomic mass is 10.3. The lowest BCUT2D eigenvalue weighted by Crippen LogP contribution is -2.12. The van der Waals surface area contributed by atoms with Crippen molar-refractivity contribution in [3.05, 3.63) is 23.9 Å². The summed E-state index contributed by atoms with van der Waals surface area (Å²) in [6.45, 7) is 1.83. The number of rotatable bonds is 4. The van der Waals surface area contributed by atoms with E-state index in [1.165, 1.54) is 19.5 Å². The van der Waals surface area contributed by atoms with Gasteiger partial charge in [0.1, 0.15) is 5.82 Å². The van der Waals surface area contributed by atoms with E-state index in [9.17, 15) is 4.79 Å². The number of hydrogen-bond donors (Lipinski definition) is 2. The molecule has 2 aromatic heterocycles. The Hall–Kier alpha value is -2.58. The van der Waals surface area contributed by atoms with Crippen molar-refractivity contribution < 1.29 is 9.53 Å². The number of H-pyrrole nitrogens is 1. The van der Waals surface area contributed by atoms with Crippen LogP contribution in [0.5, 0.6) is 0 Å². The molecule has 2 N–H and O–H groups in total. The zero-order chi connectivity index (χ0) is 13.0. The normalized spacial score (nSPS) is 11.9. The molecule has 9 nitrogen and oxygen atoms in total. The van der Waals surface area contributed by atoms with Crippen LogP contribution in [-0.2, 0) is 4.74 Å². The molecule has 2 heterocycles. The molecule has 0 saturated heterocycles. The van der Waals surface area contributed by atoms with E-state index in [0.29, 0.717) is 11.6 Å². The number of methoxy groups -OCH3 is 1. The van der Waals surface area contributed by atoms with E-state index in [0.717, 1.165) is 0 Å². The molecule has 0 aliphatic heterocycles. The minimum absolute atomic E-state index is 0.128. The van der Waals surface area contributed by atoms with Crippen molar-refractivity contribution in [3.63, 3.8) is 0 Å². The van der Waals surface area contributed by atoms with Crippen molar-refractivity contribution in [1.82, 2.24) is 30.6 Å². The maximum atomic E-state index is 11.3. The summed E-state index contributed by atoms with van der Waals surface area (Å²) in [6, 6.07) is -0.217. The third kappa shape index (κ3) is 2.56. The third-order valence-electron chi connectivity index (χ3n) is 2.14. The largest absolute Gasteiger partial charge is 0.464 e. The highest BCUT2D eigenvalue weighted by Crippen LogP contribution is 2.12. The second kappa shape index (κ2) is 5.17. The first-order valence-corrected chi connectivity index (χ1v) is 5.11. The summed E-state index contributed by atoms with van der Waals surface area (Å²) in [5.41, 5.74) is 0.128. The Morgan fingerprint density at radius 2 is 2.33 bits per heavy atom. The zero-order valence-electron chi connectivity index (χ0n) is 9.78. The summed E-state index contributed by atoms with van der Waals surface area (Å²) in [5, 5.41) is 16.5. The number of nitrogens with zero attached hydrogens (tertiary/aromatic N) is 5. The molecule has 1 atom stereocenters. The van der Waals surface area contributed by atoms with Gasteiger partial charge < -0.3 is 10.1 Å². The molecule has 0 bridgehead atoms. The number of aromatic amines is 1. The minimum Gasteiger partial charge on any atom is -0.464 e. The number of tetrazole rings is 1. The molecule has 0 aromatic carbocycles. The monoisotopic (exact) mass is 249 g/mol. The molecular weight excluding hydrogens is 238 g/mol. The van der Waals surface area contributed by atoms with E-state index in [-0.39, 0.29) is 11.7 Å². The predicted octanol–water partition coefficient (Wildman–Crippen LogP) is -0.0506. The fourth-order valence-electron chi connectivity index (χ4n) is 1.28. The summed E-state index contributed by atoms with van der Waals surface area (Å²) in [4.78, 5) is 19.2. The molecule has 0 aliphatic rings. The SMILES string of the molecule is COC(=O)c1cncc(NC(C)c2nn[nH]n2)n1. The van der Waals surface area contributed by atoms with Crippen LogP contribution in [0.25, 0.3) is 0 Å². The summed E-state index contributed by atoms with van der Waals surface area (Å²) >= 11 is 0. The first-order chi connectivity index (χ1) is 8.70. The topological polar surface area (TPSA) is 119 Å². The van der Waals surface area contributed by atoms with Gasteiger partial charge in [0, 0.05) is 0 Å². The maximum Gasteiger partial charge on any atom is 0.358 e. The van der Waals surface area contributed by atoms with Crippen LogP contribution in [0.3, 0.4) is 0 Å². The number of carbonyl (C=O) groups excluding carboxylic acids is 1. The molecule has 9 heteroatoms. The highest BCUT2D eigenvalue weighted by Gasteiger charge is 2.13. The number of aromatic nitrogens is 6. The fraction of sp³-hybridized carbons (Fsp3) is 0.333. The standard InChI is InChI=1S/C9H11N7O2/c1-5(8-13-15-16-14-8)11-7-4-10-3-6(12-7)9(17)18-2/h3-5H,1-2H3,(H,11,12)(H,13,14,15,16). The average Bonchev–Trinajstić information content (AvgIpc) is 2.92. The van der Waals surface area contributed by atoms with Crippen molar-refractivity contribution in [1.29, 1.82) is 0 Å². The number of ether oxygens (including phenoxy) is 1. The van der Waals surface area contributed by atoms with Gasteiger partial charge in [0.05, 0.1) is 25.5 Å². The Balaban J connectivity index is 2.12. The average molecular weight is 249 g/mol. The van der Waals surface area contributed by atoms with Crippen molar-refractivity contribution in [2.45, 2.75) is 13.0 Å². The first kappa shape index (κ1) is 11.9. The van der Waals surface area contributed by atoms with Crippen molar-refractivity contribution in [2.24, 2.45) is 0 Å². The minimum atomic E-state index is -0.543. The van der Waals surface area contributed by atoms with Gasteiger partial charge in [-0.25, -0.2) is 9.78 Å². The zero-order valence-corrected chi connectivity index (χ0v) is 9.78. The molecule has 0 fully saturated rings. The molecule has 0 saturated carbocycles. The van der Waals surface area contributed by atoms with Gasteiger partial charge in [-0.15, -0.1) is 10.2 Å². The van der Waals surface area contributed by atoms with Crippen LogP contribution in [0, 0.1) is 0 Å². The van der Waals surface area contributed by atoms with E-state index < -0.39 is 5.97 Å². The van der Waals surface area contributed by atoms with Crippen LogP contribution in [0.1, 0.15) is 29.3 Å². The number of nitrogens with one attached hydrogen (secondary N) is 2. The van der Waals surface area contributed by atoms with Gasteiger partial charge in [-0.2, -0.15) is 5.21 Å². The van der Waals surface area contributed by atoms with Gasteiger partial charge in [-0.3, -0.25) is 4.98 Å². The molecule has 0 radical (unpaired) electrons. The van der Waals surface area contributed by atoms with Gasteiger partial charge in [-0.05, 0) is 6.92 Å². The van der Waals surface area contributed by atoms with E-state index in [4.69, 9.17) is 0 Å².